The Morgan fingerprint density at radius 2 is 1.95 bits per heavy atom. The number of imidazole rings is 1. The van der Waals surface area contributed by atoms with Crippen LogP contribution in [-0.2, 0) is 10.9 Å². The zero-order valence-electron chi connectivity index (χ0n) is 10.2. The molecule has 5 nitrogen and oxygen atoms in total. The molecule has 2 aromatic heterocycles. The van der Waals surface area contributed by atoms with Gasteiger partial charge in [0.25, 0.3) is 0 Å². The van der Waals surface area contributed by atoms with Gasteiger partial charge in [-0.1, -0.05) is 0 Å². The molecule has 9 heteroatoms. The van der Waals surface area contributed by atoms with E-state index in [9.17, 15) is 13.2 Å². The molecule has 3 heterocycles. The molecule has 0 amide bonds. The first-order valence-electron chi connectivity index (χ1n) is 5.90. The highest BCUT2D eigenvalue weighted by Crippen LogP contribution is 2.36. The third-order valence-electron chi connectivity index (χ3n) is 3.08. The molecule has 2 aromatic rings. The predicted molar refractivity (Wildman–Crippen MR) is 68.7 cm³/mol. The van der Waals surface area contributed by atoms with E-state index in [0.717, 1.165) is 0 Å². The van der Waals surface area contributed by atoms with Crippen molar-refractivity contribution >= 4 is 27.3 Å². The van der Waals surface area contributed by atoms with Gasteiger partial charge in [-0.15, -0.1) is 0 Å². The molecule has 108 valence electrons. The molecular weight excluding hydrogens is 341 g/mol. The predicted octanol–water partition coefficient (Wildman–Crippen LogP) is 2.35. The van der Waals surface area contributed by atoms with E-state index in [2.05, 4.69) is 25.9 Å². The summed E-state index contributed by atoms with van der Waals surface area (Å²) in [5, 5.41) is 0. The second-order valence-corrected chi connectivity index (χ2v) is 5.07. The zero-order chi connectivity index (χ0) is 14.3. The van der Waals surface area contributed by atoms with Crippen LogP contribution in [0.5, 0.6) is 0 Å². The zero-order valence-corrected chi connectivity index (χ0v) is 11.8. The lowest BCUT2D eigenvalue weighted by molar-refractivity contribution is -0.141. The average molecular weight is 351 g/mol. The number of nitrogens with zero attached hydrogens (tertiary/aromatic N) is 4. The Balaban J connectivity index is 2.14. The largest absolute Gasteiger partial charge is 0.436 e. The first kappa shape index (κ1) is 13.6. The summed E-state index contributed by atoms with van der Waals surface area (Å²) in [6.07, 6.45) is -1.67. The van der Waals surface area contributed by atoms with Gasteiger partial charge in [-0.3, -0.25) is 4.40 Å². The highest BCUT2D eigenvalue weighted by atomic mass is 79.9. The van der Waals surface area contributed by atoms with Crippen LogP contribution in [0.2, 0.25) is 0 Å². The van der Waals surface area contributed by atoms with Crippen LogP contribution in [0.15, 0.2) is 17.1 Å². The fourth-order valence-electron chi connectivity index (χ4n) is 2.14. The number of ether oxygens (including phenoxy) is 1. The van der Waals surface area contributed by atoms with E-state index in [1.807, 2.05) is 4.90 Å². The van der Waals surface area contributed by atoms with Crippen molar-refractivity contribution in [2.75, 3.05) is 31.2 Å². The molecule has 1 fully saturated rings. The molecule has 0 radical (unpaired) electrons. The Kier molecular flexibility index (Phi) is 3.33. The number of halogens is 4. The number of hydrogen-bond donors (Lipinski definition) is 0. The third kappa shape index (κ3) is 2.24. The van der Waals surface area contributed by atoms with Crippen LogP contribution in [0.3, 0.4) is 0 Å². The van der Waals surface area contributed by atoms with Crippen LogP contribution in [0.1, 0.15) is 5.69 Å². The van der Waals surface area contributed by atoms with E-state index in [0.29, 0.717) is 32.0 Å². The molecule has 0 bridgehead atoms. The molecule has 0 saturated carbocycles. The lowest BCUT2D eigenvalue weighted by atomic mass is 10.3. The molecule has 1 aliphatic heterocycles. The first-order chi connectivity index (χ1) is 9.48. The molecule has 0 spiro atoms. The van der Waals surface area contributed by atoms with E-state index in [4.69, 9.17) is 4.74 Å². The van der Waals surface area contributed by atoms with Crippen molar-refractivity contribution in [1.82, 2.24) is 14.4 Å². The van der Waals surface area contributed by atoms with E-state index < -0.39 is 11.9 Å². The van der Waals surface area contributed by atoms with Gasteiger partial charge in [-0.05, 0) is 15.9 Å². The lowest BCUT2D eigenvalue weighted by Gasteiger charge is -2.28. The Labute approximate surface area is 120 Å². The molecule has 1 aliphatic rings. The number of fused-ring (bicyclic) bond motifs is 1. The van der Waals surface area contributed by atoms with Crippen molar-refractivity contribution in [2.24, 2.45) is 0 Å². The molecule has 1 saturated heterocycles. The summed E-state index contributed by atoms with van der Waals surface area (Å²) in [6.45, 7) is 2.28. The smallest absolute Gasteiger partial charge is 0.378 e. The molecule has 0 aliphatic carbocycles. The summed E-state index contributed by atoms with van der Waals surface area (Å²) in [5.41, 5.74) is -0.131. The second-order valence-electron chi connectivity index (χ2n) is 4.32. The molecule has 0 atom stereocenters. The van der Waals surface area contributed by atoms with Gasteiger partial charge in [-0.2, -0.15) is 13.2 Å². The first-order valence-corrected chi connectivity index (χ1v) is 6.69. The normalized spacial score (nSPS) is 16.9. The summed E-state index contributed by atoms with van der Waals surface area (Å²) < 4.78 is 45.1. The SMILES string of the molecule is FC(F)(F)c1nc2c(N3CCOCC3)cncn2c1Br. The monoisotopic (exact) mass is 350 g/mol. The number of hydrogen-bond acceptors (Lipinski definition) is 4. The highest BCUT2D eigenvalue weighted by molar-refractivity contribution is 9.10. The third-order valence-corrected chi connectivity index (χ3v) is 3.84. The van der Waals surface area contributed by atoms with Crippen molar-refractivity contribution in [3.63, 3.8) is 0 Å². The second kappa shape index (κ2) is 4.88. The van der Waals surface area contributed by atoms with Gasteiger partial charge in [0.05, 0.1) is 25.1 Å². The summed E-state index contributed by atoms with van der Waals surface area (Å²) in [7, 11) is 0. The molecular formula is C11H10BrF3N4O. The van der Waals surface area contributed by atoms with E-state index in [1.54, 1.807) is 0 Å². The van der Waals surface area contributed by atoms with Gasteiger partial charge in [0.15, 0.2) is 11.3 Å². The minimum absolute atomic E-state index is 0.136. The van der Waals surface area contributed by atoms with Gasteiger partial charge >= 0.3 is 6.18 Å². The Bertz CT molecular complexity index is 636. The van der Waals surface area contributed by atoms with Crippen molar-refractivity contribution in [1.29, 1.82) is 0 Å². The van der Waals surface area contributed by atoms with Crippen LogP contribution in [0, 0.1) is 0 Å². The maximum absolute atomic E-state index is 12.9. The van der Waals surface area contributed by atoms with E-state index >= 15 is 0 Å². The number of alkyl halides is 3. The van der Waals surface area contributed by atoms with Gasteiger partial charge < -0.3 is 9.64 Å². The number of anilines is 1. The maximum Gasteiger partial charge on any atom is 0.436 e. The van der Waals surface area contributed by atoms with Crippen LogP contribution in [-0.4, -0.2) is 40.7 Å². The van der Waals surface area contributed by atoms with Gasteiger partial charge in [0, 0.05) is 13.1 Å². The lowest BCUT2D eigenvalue weighted by Crippen LogP contribution is -2.36. The van der Waals surface area contributed by atoms with Crippen molar-refractivity contribution in [3.8, 4) is 0 Å². The minimum Gasteiger partial charge on any atom is -0.378 e. The topological polar surface area (TPSA) is 42.7 Å². The highest BCUT2D eigenvalue weighted by Gasteiger charge is 2.38. The molecule has 0 N–H and O–H groups in total. The van der Waals surface area contributed by atoms with E-state index in [1.165, 1.54) is 16.9 Å². The van der Waals surface area contributed by atoms with Crippen LogP contribution >= 0.6 is 15.9 Å². The number of aromatic nitrogens is 3. The van der Waals surface area contributed by atoms with Crippen molar-refractivity contribution in [3.05, 3.63) is 22.8 Å². The molecule has 0 aromatic carbocycles. The summed E-state index contributed by atoms with van der Waals surface area (Å²) in [4.78, 5) is 9.64. The maximum atomic E-state index is 12.9. The van der Waals surface area contributed by atoms with Gasteiger partial charge in [-0.25, -0.2) is 9.97 Å². The summed E-state index contributed by atoms with van der Waals surface area (Å²) in [6, 6.07) is 0. The molecule has 20 heavy (non-hydrogen) atoms. The van der Waals surface area contributed by atoms with Crippen LogP contribution in [0.25, 0.3) is 5.65 Å². The van der Waals surface area contributed by atoms with Crippen LogP contribution < -0.4 is 4.90 Å². The van der Waals surface area contributed by atoms with Gasteiger partial charge in [0.1, 0.15) is 10.9 Å². The van der Waals surface area contributed by atoms with Gasteiger partial charge in [0.2, 0.25) is 0 Å². The quantitative estimate of drug-likeness (QED) is 0.791. The van der Waals surface area contributed by atoms with Crippen LogP contribution in [0.4, 0.5) is 18.9 Å². The molecule has 3 rings (SSSR count). The van der Waals surface area contributed by atoms with Crippen molar-refractivity contribution < 1.29 is 17.9 Å². The minimum atomic E-state index is -4.51. The summed E-state index contributed by atoms with van der Waals surface area (Å²) >= 11 is 2.94. The van der Waals surface area contributed by atoms with E-state index in [-0.39, 0.29) is 10.3 Å². The average Bonchev–Trinajstić information content (AvgIpc) is 2.77. The number of rotatable bonds is 1. The Morgan fingerprint density at radius 3 is 2.60 bits per heavy atom. The molecule has 0 unspecified atom stereocenters. The summed E-state index contributed by atoms with van der Waals surface area (Å²) in [5.74, 6) is 0. The fourth-order valence-corrected chi connectivity index (χ4v) is 2.71. The standard InChI is InChI=1S/C11H10BrF3N4O/c12-9-8(11(13,14)15)17-10-7(5-16-6-19(9)10)18-1-3-20-4-2-18/h5-6H,1-4H2. The Morgan fingerprint density at radius 1 is 1.25 bits per heavy atom. The van der Waals surface area contributed by atoms with Crippen molar-refractivity contribution in [2.45, 2.75) is 6.18 Å². The fraction of sp³-hybridized carbons (Fsp3) is 0.455. The number of morpholine rings is 1. The Hall–Kier alpha value is -1.35.